The predicted molar refractivity (Wildman–Crippen MR) is 194 cm³/mol. The fraction of sp³-hybridized carbons (Fsp3) is 0.550. The van der Waals surface area contributed by atoms with Gasteiger partial charge in [-0.1, -0.05) is 56.9 Å². The van der Waals surface area contributed by atoms with E-state index in [4.69, 9.17) is 0 Å². The number of fused-ring (bicyclic) bond motifs is 1. The van der Waals surface area contributed by atoms with Crippen LogP contribution in [0.2, 0.25) is 0 Å². The number of aliphatic hydroxyl groups is 2. The zero-order valence-corrected chi connectivity index (χ0v) is 29.4. The van der Waals surface area contributed by atoms with E-state index in [-0.39, 0.29) is 43.3 Å². The van der Waals surface area contributed by atoms with E-state index in [0.29, 0.717) is 49.4 Å². The molecule has 0 bridgehead atoms. The highest BCUT2D eigenvalue weighted by Crippen LogP contribution is 2.47. The Morgan fingerprint density at radius 3 is 2.12 bits per heavy atom. The molecule has 0 aliphatic carbocycles. The molecule has 4 heterocycles. The summed E-state index contributed by atoms with van der Waals surface area (Å²) in [7, 11) is 0. The molecule has 0 radical (unpaired) electrons. The van der Waals surface area contributed by atoms with Crippen LogP contribution in [0.5, 0.6) is 0 Å². The van der Waals surface area contributed by atoms with E-state index in [1.165, 1.54) is 0 Å². The van der Waals surface area contributed by atoms with Gasteiger partial charge in [0.25, 0.3) is 5.91 Å². The van der Waals surface area contributed by atoms with Gasteiger partial charge in [-0.3, -0.25) is 19.2 Å². The van der Waals surface area contributed by atoms with Crippen molar-refractivity contribution in [3.8, 4) is 0 Å². The summed E-state index contributed by atoms with van der Waals surface area (Å²) < 4.78 is 0. The Morgan fingerprint density at radius 1 is 0.840 bits per heavy atom. The highest BCUT2D eigenvalue weighted by molar-refractivity contribution is 6.08. The van der Waals surface area contributed by atoms with E-state index < -0.39 is 17.4 Å². The zero-order valence-electron chi connectivity index (χ0n) is 29.4. The molecule has 10 nitrogen and oxygen atoms in total. The minimum absolute atomic E-state index is 0.0440. The Morgan fingerprint density at radius 2 is 1.46 bits per heavy atom. The van der Waals surface area contributed by atoms with E-state index >= 15 is 0 Å². The number of aliphatic hydroxyl groups excluding tert-OH is 1. The smallest absolute Gasteiger partial charge is 0.264 e. The number of hydrogen-bond donors (Lipinski definition) is 2. The van der Waals surface area contributed by atoms with Gasteiger partial charge in [0.05, 0.1) is 24.9 Å². The first kappa shape index (κ1) is 35.8. The number of amides is 4. The first-order valence-electron chi connectivity index (χ1n) is 18.7. The molecular formula is C40H52N4O6. The molecule has 4 amide bonds. The Labute approximate surface area is 295 Å². The van der Waals surface area contributed by atoms with Gasteiger partial charge < -0.3 is 29.8 Å². The van der Waals surface area contributed by atoms with E-state index in [2.05, 4.69) is 0 Å². The van der Waals surface area contributed by atoms with E-state index in [1.54, 1.807) is 39.8 Å². The van der Waals surface area contributed by atoms with Gasteiger partial charge in [-0.2, -0.15) is 0 Å². The predicted octanol–water partition coefficient (Wildman–Crippen LogP) is 5.58. The van der Waals surface area contributed by atoms with Crippen molar-refractivity contribution in [3.05, 3.63) is 65.7 Å². The average Bonchev–Trinajstić information content (AvgIpc) is 3.67. The van der Waals surface area contributed by atoms with Gasteiger partial charge in [-0.15, -0.1) is 0 Å². The van der Waals surface area contributed by atoms with Crippen LogP contribution in [-0.4, -0.2) is 71.0 Å². The summed E-state index contributed by atoms with van der Waals surface area (Å²) in [5, 5.41) is 22.1. The lowest BCUT2D eigenvalue weighted by Gasteiger charge is -2.29. The van der Waals surface area contributed by atoms with Crippen molar-refractivity contribution in [1.29, 1.82) is 0 Å². The van der Waals surface area contributed by atoms with Crippen molar-refractivity contribution in [2.45, 2.75) is 109 Å². The monoisotopic (exact) mass is 684 g/mol. The molecule has 4 aliphatic heterocycles. The first-order chi connectivity index (χ1) is 24.2. The van der Waals surface area contributed by atoms with Crippen LogP contribution in [0.15, 0.2) is 54.6 Å². The number of hydrogen-bond acceptors (Lipinski definition) is 6. The molecule has 0 spiro atoms. The third-order valence-electron chi connectivity index (χ3n) is 11.1. The molecule has 50 heavy (non-hydrogen) atoms. The van der Waals surface area contributed by atoms with E-state index in [0.717, 1.165) is 75.5 Å². The molecule has 3 saturated heterocycles. The molecule has 10 heteroatoms. The second kappa shape index (κ2) is 15.9. The minimum atomic E-state index is -1.92. The Kier molecular flexibility index (Phi) is 11.4. The standard InChI is InChI=1S/C40H52N4O6/c1-29(12-10-16-38(48)43-25-11-13-33(43)28-45)40(50)34-26-32(42-24-9-5-3-7-15-37(42)47)21-22-35(34)44(39(40)49)27-30-17-19-31(20-18-30)41-23-8-4-2-6-14-36(41)46/h10,12,17-22,26,29,33,45,50H,2-9,11,13-16,23-25,27-28H2,1H3/b12-10+/t29-,33+,40+/m1/s1. The van der Waals surface area contributed by atoms with E-state index in [9.17, 15) is 29.4 Å². The molecule has 2 N–H and O–H groups in total. The van der Waals surface area contributed by atoms with Gasteiger partial charge in [0.1, 0.15) is 0 Å². The fourth-order valence-electron chi connectivity index (χ4n) is 8.07. The number of carbonyl (C=O) groups excluding carboxylic acids is 4. The summed E-state index contributed by atoms with van der Waals surface area (Å²) in [4.78, 5) is 60.4. The lowest BCUT2D eigenvalue weighted by molar-refractivity contribution is -0.139. The quantitative estimate of drug-likeness (QED) is 0.333. The summed E-state index contributed by atoms with van der Waals surface area (Å²) in [5.74, 6) is -1.05. The lowest BCUT2D eigenvalue weighted by atomic mass is 9.82. The number of nitrogens with zero attached hydrogens (tertiary/aromatic N) is 4. The van der Waals surface area contributed by atoms with Gasteiger partial charge in [-0.25, -0.2) is 0 Å². The average molecular weight is 685 g/mol. The Hall–Kier alpha value is -4.02. The third kappa shape index (κ3) is 7.37. The maximum Gasteiger partial charge on any atom is 0.264 e. The Bertz CT molecular complexity index is 1590. The van der Waals surface area contributed by atoms with Crippen LogP contribution in [-0.2, 0) is 31.3 Å². The van der Waals surface area contributed by atoms with Crippen molar-refractivity contribution < 1.29 is 29.4 Å². The molecule has 268 valence electrons. The highest BCUT2D eigenvalue weighted by atomic mass is 16.3. The summed E-state index contributed by atoms with van der Waals surface area (Å²) in [6.45, 7) is 3.84. The summed E-state index contributed by atoms with van der Waals surface area (Å²) in [6.07, 6.45) is 14.1. The molecule has 2 aromatic rings. The van der Waals surface area contributed by atoms with Crippen molar-refractivity contribution >= 4 is 40.7 Å². The van der Waals surface area contributed by atoms with Gasteiger partial charge >= 0.3 is 0 Å². The topological polar surface area (TPSA) is 122 Å². The van der Waals surface area contributed by atoms with Crippen LogP contribution in [0.4, 0.5) is 17.1 Å². The number of likely N-dealkylation sites (tertiary alicyclic amines) is 1. The second-order valence-electron chi connectivity index (χ2n) is 14.4. The first-order valence-corrected chi connectivity index (χ1v) is 18.7. The number of anilines is 3. The summed E-state index contributed by atoms with van der Waals surface area (Å²) in [5.41, 5.74) is 1.48. The van der Waals surface area contributed by atoms with Crippen LogP contribution in [0, 0.1) is 5.92 Å². The van der Waals surface area contributed by atoms with Crippen molar-refractivity contribution in [1.82, 2.24) is 4.90 Å². The van der Waals surface area contributed by atoms with Crippen molar-refractivity contribution in [2.75, 3.05) is 40.9 Å². The third-order valence-corrected chi connectivity index (χ3v) is 11.1. The Balaban J connectivity index is 1.27. The van der Waals surface area contributed by atoms with Gasteiger partial charge in [0, 0.05) is 61.8 Å². The molecule has 3 fully saturated rings. The number of carbonyl (C=O) groups is 4. The van der Waals surface area contributed by atoms with Gasteiger partial charge in [0.15, 0.2) is 5.60 Å². The summed E-state index contributed by atoms with van der Waals surface area (Å²) in [6, 6.07) is 13.1. The summed E-state index contributed by atoms with van der Waals surface area (Å²) >= 11 is 0. The lowest BCUT2D eigenvalue weighted by Crippen LogP contribution is -2.44. The molecule has 0 saturated carbocycles. The number of benzene rings is 2. The largest absolute Gasteiger partial charge is 0.394 e. The van der Waals surface area contributed by atoms with Crippen LogP contribution in [0.25, 0.3) is 0 Å². The SMILES string of the molecule is C[C@H](/C=C/CC(=O)N1CCC[C@H]1CO)[C@@]1(O)C(=O)N(Cc2ccc(N3CCCCCCC3=O)cc2)c2ccc(N3CCCCCCC3=O)cc21. The second-order valence-corrected chi connectivity index (χ2v) is 14.4. The van der Waals surface area contributed by atoms with Gasteiger partial charge in [0.2, 0.25) is 17.7 Å². The van der Waals surface area contributed by atoms with Crippen molar-refractivity contribution in [3.63, 3.8) is 0 Å². The van der Waals surface area contributed by atoms with Crippen LogP contribution in [0.3, 0.4) is 0 Å². The molecule has 0 unspecified atom stereocenters. The minimum Gasteiger partial charge on any atom is -0.394 e. The molecular weight excluding hydrogens is 632 g/mol. The van der Waals surface area contributed by atoms with E-state index in [1.807, 2.05) is 41.3 Å². The normalized spacial score (nSPS) is 24.3. The van der Waals surface area contributed by atoms with Crippen molar-refractivity contribution in [2.24, 2.45) is 5.92 Å². The number of rotatable bonds is 9. The van der Waals surface area contributed by atoms with Crippen LogP contribution in [0.1, 0.15) is 102 Å². The molecule has 2 aromatic carbocycles. The maximum absolute atomic E-state index is 14.4. The van der Waals surface area contributed by atoms with Crippen LogP contribution >= 0.6 is 0 Å². The molecule has 6 rings (SSSR count). The van der Waals surface area contributed by atoms with Crippen LogP contribution < -0.4 is 14.7 Å². The maximum atomic E-state index is 14.4. The van der Waals surface area contributed by atoms with Gasteiger partial charge in [-0.05, 0) is 74.4 Å². The molecule has 0 aromatic heterocycles. The molecule has 4 aliphatic rings. The molecule has 3 atom stereocenters. The highest BCUT2D eigenvalue weighted by Gasteiger charge is 2.52. The fourth-order valence-corrected chi connectivity index (χ4v) is 8.07. The zero-order chi connectivity index (χ0) is 35.3.